The van der Waals surface area contributed by atoms with Crippen LogP contribution in [0.15, 0.2) is 71.9 Å². The van der Waals surface area contributed by atoms with E-state index in [0.29, 0.717) is 12.4 Å². The highest BCUT2D eigenvalue weighted by atomic mass is 32.2. The van der Waals surface area contributed by atoms with E-state index in [1.165, 1.54) is 12.1 Å². The molecular formula is C23H23F3N2OS. The molecule has 0 saturated carbocycles. The van der Waals surface area contributed by atoms with Crippen LogP contribution in [-0.2, 0) is 11.7 Å². The Morgan fingerprint density at radius 3 is 2.53 bits per heavy atom. The number of rotatable bonds is 7. The zero-order chi connectivity index (χ0) is 21.8. The zero-order valence-corrected chi connectivity index (χ0v) is 17.8. The third-order valence-electron chi connectivity index (χ3n) is 4.59. The molecule has 3 rings (SSSR count). The molecule has 3 nitrogen and oxygen atoms in total. The van der Waals surface area contributed by atoms with Crippen molar-refractivity contribution in [1.29, 1.82) is 0 Å². The topological polar surface area (TPSA) is 34.1 Å². The van der Waals surface area contributed by atoms with Crippen molar-refractivity contribution < 1.29 is 17.9 Å². The predicted molar refractivity (Wildman–Crippen MR) is 114 cm³/mol. The molecule has 7 heteroatoms. The molecule has 3 aromatic rings. The molecule has 0 saturated heterocycles. The minimum atomic E-state index is -4.40. The molecule has 0 amide bonds. The van der Waals surface area contributed by atoms with E-state index in [-0.39, 0.29) is 4.90 Å². The Morgan fingerprint density at radius 2 is 1.80 bits per heavy atom. The zero-order valence-electron chi connectivity index (χ0n) is 17.0. The predicted octanol–water partition coefficient (Wildman–Crippen LogP) is 6.70. The van der Waals surface area contributed by atoms with Gasteiger partial charge in [0.15, 0.2) is 0 Å². The smallest absolute Gasteiger partial charge is 0.417 e. The molecule has 0 aliphatic heterocycles. The number of hydrogen-bond donors (Lipinski definition) is 1. The van der Waals surface area contributed by atoms with E-state index in [0.717, 1.165) is 34.7 Å². The van der Waals surface area contributed by atoms with E-state index in [2.05, 4.69) is 9.71 Å². The standard InChI is InChI=1S/C23H23F3N2OS/c1-4-29-20-15-27-13-12-18(20)16-8-7-9-17(14-16)22(2,3)28-30-21-11-6-5-10-19(21)23(24,25)26/h5-15,28H,4H2,1-3H3. The van der Waals surface area contributed by atoms with E-state index in [4.69, 9.17) is 4.74 Å². The van der Waals surface area contributed by atoms with E-state index in [1.807, 2.05) is 51.1 Å². The van der Waals surface area contributed by atoms with Gasteiger partial charge in [-0.2, -0.15) is 13.2 Å². The first-order valence-corrected chi connectivity index (χ1v) is 10.3. The van der Waals surface area contributed by atoms with Crippen LogP contribution in [-0.4, -0.2) is 11.6 Å². The number of nitrogens with zero attached hydrogens (tertiary/aromatic N) is 1. The van der Waals surface area contributed by atoms with Crippen molar-refractivity contribution in [1.82, 2.24) is 9.71 Å². The van der Waals surface area contributed by atoms with E-state index < -0.39 is 17.3 Å². The van der Waals surface area contributed by atoms with Crippen LogP contribution in [0.2, 0.25) is 0 Å². The maximum absolute atomic E-state index is 13.3. The molecular weight excluding hydrogens is 409 g/mol. The number of hydrogen-bond acceptors (Lipinski definition) is 4. The SMILES string of the molecule is CCOc1cnccc1-c1cccc(C(C)(C)NSc2ccccc2C(F)(F)F)c1. The van der Waals surface area contributed by atoms with Gasteiger partial charge in [0.2, 0.25) is 0 Å². The lowest BCUT2D eigenvalue weighted by Crippen LogP contribution is -2.31. The molecule has 0 bridgehead atoms. The molecule has 1 aromatic heterocycles. The van der Waals surface area contributed by atoms with Crippen LogP contribution >= 0.6 is 11.9 Å². The molecule has 0 atom stereocenters. The van der Waals surface area contributed by atoms with Crippen molar-refractivity contribution in [3.63, 3.8) is 0 Å². The Balaban J connectivity index is 1.86. The fourth-order valence-electron chi connectivity index (χ4n) is 3.00. The summed E-state index contributed by atoms with van der Waals surface area (Å²) in [7, 11) is 0. The quantitative estimate of drug-likeness (QED) is 0.421. The van der Waals surface area contributed by atoms with Gasteiger partial charge in [0.05, 0.1) is 18.4 Å². The lowest BCUT2D eigenvalue weighted by atomic mass is 9.92. The number of aromatic nitrogens is 1. The van der Waals surface area contributed by atoms with Gasteiger partial charge in [0.25, 0.3) is 0 Å². The number of benzene rings is 2. The number of halogens is 3. The van der Waals surface area contributed by atoms with Crippen LogP contribution in [0.1, 0.15) is 31.9 Å². The van der Waals surface area contributed by atoms with Crippen molar-refractivity contribution in [2.24, 2.45) is 0 Å². The van der Waals surface area contributed by atoms with Crippen molar-refractivity contribution in [3.8, 4) is 16.9 Å². The second-order valence-electron chi connectivity index (χ2n) is 7.21. The molecule has 0 aliphatic rings. The Morgan fingerprint density at radius 1 is 1.03 bits per heavy atom. The van der Waals surface area contributed by atoms with Crippen molar-refractivity contribution in [3.05, 3.63) is 78.1 Å². The van der Waals surface area contributed by atoms with E-state index >= 15 is 0 Å². The highest BCUT2D eigenvalue weighted by Crippen LogP contribution is 2.38. The van der Waals surface area contributed by atoms with Crippen LogP contribution in [0.3, 0.4) is 0 Å². The first kappa shape index (κ1) is 22.2. The van der Waals surface area contributed by atoms with E-state index in [1.54, 1.807) is 18.5 Å². The van der Waals surface area contributed by atoms with Crippen molar-refractivity contribution in [2.45, 2.75) is 37.4 Å². The van der Waals surface area contributed by atoms with Crippen LogP contribution in [0.4, 0.5) is 13.2 Å². The van der Waals surface area contributed by atoms with Crippen LogP contribution in [0.5, 0.6) is 5.75 Å². The van der Waals surface area contributed by atoms with Gasteiger partial charge < -0.3 is 4.74 Å². The number of ether oxygens (including phenoxy) is 1. The molecule has 1 N–H and O–H groups in total. The van der Waals surface area contributed by atoms with Gasteiger partial charge >= 0.3 is 6.18 Å². The van der Waals surface area contributed by atoms with Crippen molar-refractivity contribution in [2.75, 3.05) is 6.61 Å². The Kier molecular flexibility index (Phi) is 6.73. The summed E-state index contributed by atoms with van der Waals surface area (Å²) in [5.41, 5.74) is 1.58. The average Bonchev–Trinajstić information content (AvgIpc) is 2.73. The second kappa shape index (κ2) is 9.10. The first-order valence-electron chi connectivity index (χ1n) is 9.50. The van der Waals surface area contributed by atoms with Gasteiger partial charge in [0.1, 0.15) is 5.75 Å². The fourth-order valence-corrected chi connectivity index (χ4v) is 3.92. The second-order valence-corrected chi connectivity index (χ2v) is 8.06. The highest BCUT2D eigenvalue weighted by molar-refractivity contribution is 7.97. The van der Waals surface area contributed by atoms with Gasteiger partial charge in [-0.1, -0.05) is 30.3 Å². The molecule has 0 aliphatic carbocycles. The molecule has 1 heterocycles. The summed E-state index contributed by atoms with van der Waals surface area (Å²) in [6.07, 6.45) is -1.01. The third-order valence-corrected chi connectivity index (χ3v) is 5.78. The number of nitrogens with one attached hydrogen (secondary N) is 1. The summed E-state index contributed by atoms with van der Waals surface area (Å²) in [5, 5.41) is 0. The maximum Gasteiger partial charge on any atom is 0.417 e. The van der Waals surface area contributed by atoms with Gasteiger partial charge in [-0.3, -0.25) is 4.98 Å². The monoisotopic (exact) mass is 432 g/mol. The molecule has 0 radical (unpaired) electrons. The largest absolute Gasteiger partial charge is 0.492 e. The lowest BCUT2D eigenvalue weighted by Gasteiger charge is -2.27. The molecule has 158 valence electrons. The Bertz CT molecular complexity index is 1010. The Labute approximate surface area is 178 Å². The summed E-state index contributed by atoms with van der Waals surface area (Å²) in [4.78, 5) is 4.26. The summed E-state index contributed by atoms with van der Waals surface area (Å²) < 4.78 is 48.7. The minimum Gasteiger partial charge on any atom is -0.492 e. The van der Waals surface area contributed by atoms with Gasteiger partial charge in [-0.25, -0.2) is 4.72 Å². The van der Waals surface area contributed by atoms with Crippen LogP contribution in [0.25, 0.3) is 11.1 Å². The normalized spacial score (nSPS) is 12.1. The van der Waals surface area contributed by atoms with Gasteiger partial charge in [-0.15, -0.1) is 0 Å². The van der Waals surface area contributed by atoms with Crippen LogP contribution < -0.4 is 9.46 Å². The molecule has 0 fully saturated rings. The summed E-state index contributed by atoms with van der Waals surface area (Å²) in [6, 6.07) is 15.3. The van der Waals surface area contributed by atoms with Gasteiger partial charge in [0, 0.05) is 22.2 Å². The average molecular weight is 433 g/mol. The van der Waals surface area contributed by atoms with Crippen molar-refractivity contribution >= 4 is 11.9 Å². The summed E-state index contributed by atoms with van der Waals surface area (Å²) in [6.45, 7) is 6.31. The highest BCUT2D eigenvalue weighted by Gasteiger charge is 2.34. The molecule has 0 spiro atoms. The fraction of sp³-hybridized carbons (Fsp3) is 0.261. The molecule has 0 unspecified atom stereocenters. The maximum atomic E-state index is 13.3. The Hall–Kier alpha value is -2.51. The third kappa shape index (κ3) is 5.15. The number of alkyl halides is 3. The lowest BCUT2D eigenvalue weighted by molar-refractivity contribution is -0.139. The molecule has 30 heavy (non-hydrogen) atoms. The summed E-state index contributed by atoms with van der Waals surface area (Å²) in [5.74, 6) is 0.691. The minimum absolute atomic E-state index is 0.141. The van der Waals surface area contributed by atoms with Gasteiger partial charge in [-0.05, 0) is 68.1 Å². The van der Waals surface area contributed by atoms with E-state index in [9.17, 15) is 13.2 Å². The number of pyridine rings is 1. The first-order chi connectivity index (χ1) is 14.2. The van der Waals surface area contributed by atoms with Crippen LogP contribution in [0, 0.1) is 0 Å². The summed E-state index contributed by atoms with van der Waals surface area (Å²) >= 11 is 0.984. The molecule has 2 aromatic carbocycles.